The van der Waals surface area contributed by atoms with Crippen LogP contribution in [0.25, 0.3) is 22.0 Å². The van der Waals surface area contributed by atoms with E-state index in [1.807, 2.05) is 13.0 Å². The second kappa shape index (κ2) is 7.52. The lowest BCUT2D eigenvalue weighted by atomic mass is 9.93. The molecule has 7 heteroatoms. The largest absolute Gasteiger partial charge is 0.417 e. The summed E-state index contributed by atoms with van der Waals surface area (Å²) in [5.41, 5.74) is 6.90. The van der Waals surface area contributed by atoms with Gasteiger partial charge in [0.05, 0.1) is 11.3 Å². The Morgan fingerprint density at radius 3 is 2.56 bits per heavy atom. The molecule has 1 unspecified atom stereocenters. The van der Waals surface area contributed by atoms with E-state index in [1.54, 1.807) is 18.3 Å². The summed E-state index contributed by atoms with van der Waals surface area (Å²) in [4.78, 5) is 18.8. The van der Waals surface area contributed by atoms with Gasteiger partial charge in [0.25, 0.3) is 5.56 Å². The zero-order valence-corrected chi connectivity index (χ0v) is 14.8. The molecule has 3 aromatic rings. The molecule has 27 heavy (non-hydrogen) atoms. The van der Waals surface area contributed by atoms with E-state index in [9.17, 15) is 18.0 Å². The molecule has 0 aliphatic rings. The number of benzene rings is 1. The molecule has 3 rings (SSSR count). The molecule has 0 fully saturated rings. The Morgan fingerprint density at radius 1 is 1.15 bits per heavy atom. The van der Waals surface area contributed by atoms with Gasteiger partial charge < -0.3 is 10.7 Å². The maximum absolute atomic E-state index is 12.8. The molecule has 0 radical (unpaired) electrons. The standard InChI is InChI=1S/C20H20F3N3O/c1-12(24)3-2-4-14-15-9-10-25-19(27)17(15)7-6-16(14)18-8-5-13(11-26-18)20(21,22)23/h5-12H,2-4,24H2,1H3,(H,25,27). The Hall–Kier alpha value is -2.67. The summed E-state index contributed by atoms with van der Waals surface area (Å²) >= 11 is 0. The van der Waals surface area contributed by atoms with Crippen molar-refractivity contribution in [3.05, 3.63) is 64.2 Å². The fourth-order valence-electron chi connectivity index (χ4n) is 3.16. The van der Waals surface area contributed by atoms with Crippen LogP contribution in [0, 0.1) is 0 Å². The monoisotopic (exact) mass is 375 g/mol. The molecule has 142 valence electrons. The fraction of sp³-hybridized carbons (Fsp3) is 0.300. The lowest BCUT2D eigenvalue weighted by Crippen LogP contribution is -2.14. The Balaban J connectivity index is 2.09. The zero-order chi connectivity index (χ0) is 19.6. The number of rotatable bonds is 5. The van der Waals surface area contributed by atoms with E-state index in [0.717, 1.165) is 41.6 Å². The quantitative estimate of drug-likeness (QED) is 0.699. The van der Waals surface area contributed by atoms with Crippen molar-refractivity contribution < 1.29 is 13.2 Å². The van der Waals surface area contributed by atoms with Crippen LogP contribution in [0.3, 0.4) is 0 Å². The third-order valence-corrected chi connectivity index (χ3v) is 4.52. The Labute approximate surface area is 154 Å². The van der Waals surface area contributed by atoms with E-state index in [1.165, 1.54) is 6.07 Å². The number of hydrogen-bond acceptors (Lipinski definition) is 3. The van der Waals surface area contributed by atoms with Crippen LogP contribution in [-0.4, -0.2) is 16.0 Å². The molecule has 0 saturated carbocycles. The number of nitrogens with one attached hydrogen (secondary N) is 1. The highest BCUT2D eigenvalue weighted by Crippen LogP contribution is 2.32. The first-order valence-corrected chi connectivity index (χ1v) is 8.70. The van der Waals surface area contributed by atoms with Crippen LogP contribution in [0.1, 0.15) is 30.9 Å². The van der Waals surface area contributed by atoms with E-state index < -0.39 is 11.7 Å². The summed E-state index contributed by atoms with van der Waals surface area (Å²) in [7, 11) is 0. The van der Waals surface area contributed by atoms with Crippen molar-refractivity contribution >= 4 is 10.8 Å². The van der Waals surface area contributed by atoms with Crippen molar-refractivity contribution in [2.24, 2.45) is 5.73 Å². The lowest BCUT2D eigenvalue weighted by molar-refractivity contribution is -0.137. The van der Waals surface area contributed by atoms with Gasteiger partial charge in [0.15, 0.2) is 0 Å². The van der Waals surface area contributed by atoms with Crippen molar-refractivity contribution in [3.8, 4) is 11.3 Å². The molecule has 1 atom stereocenters. The number of nitrogens with zero attached hydrogens (tertiary/aromatic N) is 1. The predicted molar refractivity (Wildman–Crippen MR) is 99.4 cm³/mol. The number of H-pyrrole nitrogens is 1. The molecule has 4 nitrogen and oxygen atoms in total. The number of aryl methyl sites for hydroxylation is 1. The summed E-state index contributed by atoms with van der Waals surface area (Å²) in [6, 6.07) is 7.68. The summed E-state index contributed by atoms with van der Waals surface area (Å²) in [5.74, 6) is 0. The number of halogens is 3. The third-order valence-electron chi connectivity index (χ3n) is 4.52. The molecular formula is C20H20F3N3O. The van der Waals surface area contributed by atoms with Crippen LogP contribution in [-0.2, 0) is 12.6 Å². The number of nitrogens with two attached hydrogens (primary N) is 1. The van der Waals surface area contributed by atoms with Gasteiger partial charge in [0.2, 0.25) is 0 Å². The van der Waals surface area contributed by atoms with Gasteiger partial charge in [0, 0.05) is 29.4 Å². The topological polar surface area (TPSA) is 71.8 Å². The van der Waals surface area contributed by atoms with E-state index in [0.29, 0.717) is 17.5 Å². The highest BCUT2D eigenvalue weighted by Gasteiger charge is 2.30. The second-order valence-electron chi connectivity index (χ2n) is 6.66. The molecule has 2 aromatic heterocycles. The molecule has 0 amide bonds. The van der Waals surface area contributed by atoms with Crippen LogP contribution >= 0.6 is 0 Å². The van der Waals surface area contributed by atoms with Gasteiger partial charge in [-0.25, -0.2) is 0 Å². The van der Waals surface area contributed by atoms with Crippen molar-refractivity contribution in [3.63, 3.8) is 0 Å². The zero-order valence-electron chi connectivity index (χ0n) is 14.8. The van der Waals surface area contributed by atoms with Crippen LogP contribution in [0.15, 0.2) is 47.5 Å². The second-order valence-corrected chi connectivity index (χ2v) is 6.66. The Morgan fingerprint density at radius 2 is 1.93 bits per heavy atom. The van der Waals surface area contributed by atoms with E-state index >= 15 is 0 Å². The smallest absolute Gasteiger partial charge is 0.329 e. The van der Waals surface area contributed by atoms with E-state index in [2.05, 4.69) is 9.97 Å². The average Bonchev–Trinajstić information content (AvgIpc) is 2.61. The van der Waals surface area contributed by atoms with Crippen molar-refractivity contribution in [2.45, 2.75) is 38.4 Å². The third kappa shape index (κ3) is 4.19. The van der Waals surface area contributed by atoms with Gasteiger partial charge in [-0.3, -0.25) is 9.78 Å². The summed E-state index contributed by atoms with van der Waals surface area (Å²) in [5, 5.41) is 1.33. The Kier molecular flexibility index (Phi) is 5.32. The fourth-order valence-corrected chi connectivity index (χ4v) is 3.16. The van der Waals surface area contributed by atoms with Gasteiger partial charge >= 0.3 is 6.18 Å². The Bertz CT molecular complexity index is 992. The molecule has 0 aliphatic carbocycles. The van der Waals surface area contributed by atoms with E-state index in [-0.39, 0.29) is 11.6 Å². The molecule has 0 bridgehead atoms. The number of aromatic amines is 1. The van der Waals surface area contributed by atoms with Crippen LogP contribution in [0.4, 0.5) is 13.2 Å². The number of alkyl halides is 3. The van der Waals surface area contributed by atoms with Gasteiger partial charge in [0.1, 0.15) is 0 Å². The normalized spacial score (nSPS) is 13.1. The molecule has 1 aromatic carbocycles. The first kappa shape index (κ1) is 19.1. The molecule has 0 aliphatic heterocycles. The van der Waals surface area contributed by atoms with Gasteiger partial charge in [-0.2, -0.15) is 13.2 Å². The highest BCUT2D eigenvalue weighted by atomic mass is 19.4. The summed E-state index contributed by atoms with van der Waals surface area (Å²) < 4.78 is 38.4. The minimum Gasteiger partial charge on any atom is -0.329 e. The molecular weight excluding hydrogens is 355 g/mol. The van der Waals surface area contributed by atoms with Crippen molar-refractivity contribution in [1.82, 2.24) is 9.97 Å². The number of aromatic nitrogens is 2. The molecule has 0 spiro atoms. The van der Waals surface area contributed by atoms with Crippen molar-refractivity contribution in [1.29, 1.82) is 0 Å². The highest BCUT2D eigenvalue weighted by molar-refractivity contribution is 5.90. The number of hydrogen-bond donors (Lipinski definition) is 2. The first-order chi connectivity index (χ1) is 12.8. The SMILES string of the molecule is CC(N)CCCc1c(-c2ccc(C(F)(F)F)cn2)ccc2c(=O)[nH]ccc12. The molecule has 0 saturated heterocycles. The first-order valence-electron chi connectivity index (χ1n) is 8.70. The van der Waals surface area contributed by atoms with Gasteiger partial charge in [-0.15, -0.1) is 0 Å². The van der Waals surface area contributed by atoms with Crippen LogP contribution in [0.5, 0.6) is 0 Å². The number of fused-ring (bicyclic) bond motifs is 1. The summed E-state index contributed by atoms with van der Waals surface area (Å²) in [6.07, 6.45) is 0.242. The molecule has 2 heterocycles. The van der Waals surface area contributed by atoms with Crippen LogP contribution in [0.2, 0.25) is 0 Å². The average molecular weight is 375 g/mol. The van der Waals surface area contributed by atoms with Gasteiger partial charge in [-0.05, 0) is 61.4 Å². The minimum atomic E-state index is -4.43. The van der Waals surface area contributed by atoms with Crippen molar-refractivity contribution in [2.75, 3.05) is 0 Å². The maximum atomic E-state index is 12.8. The minimum absolute atomic E-state index is 0.0519. The molecule has 3 N–H and O–H groups in total. The van der Waals surface area contributed by atoms with Gasteiger partial charge in [-0.1, -0.05) is 6.07 Å². The lowest BCUT2D eigenvalue weighted by Gasteiger charge is -2.14. The van der Waals surface area contributed by atoms with Crippen LogP contribution < -0.4 is 11.3 Å². The number of pyridine rings is 2. The summed E-state index contributed by atoms with van der Waals surface area (Å²) in [6.45, 7) is 1.92. The van der Waals surface area contributed by atoms with E-state index in [4.69, 9.17) is 5.73 Å². The maximum Gasteiger partial charge on any atom is 0.417 e. The predicted octanol–water partition coefficient (Wildman–Crippen LogP) is 4.28.